The van der Waals surface area contributed by atoms with Crippen molar-refractivity contribution < 1.29 is 8.81 Å². The Hall–Kier alpha value is -1.39. The molecule has 0 spiro atoms. The normalized spacial score (nSPS) is 13.9. The van der Waals surface area contributed by atoms with Crippen LogP contribution < -0.4 is 11.3 Å². The fourth-order valence-electron chi connectivity index (χ4n) is 2.41. The summed E-state index contributed by atoms with van der Waals surface area (Å²) in [7, 11) is 0. The Morgan fingerprint density at radius 1 is 1.35 bits per heavy atom. The minimum atomic E-state index is -0.250. The highest BCUT2D eigenvalue weighted by Gasteiger charge is 2.22. The molecule has 4 heteroatoms. The fourth-order valence-corrected chi connectivity index (χ4v) is 2.41. The van der Waals surface area contributed by atoms with Gasteiger partial charge in [-0.1, -0.05) is 20.8 Å². The summed E-state index contributed by atoms with van der Waals surface area (Å²) in [6.45, 7) is 8.53. The quantitative estimate of drug-likeness (QED) is 0.650. The first-order chi connectivity index (χ1) is 9.31. The number of hydrogen-bond donors (Lipinski definition) is 2. The second-order valence-electron chi connectivity index (χ2n) is 6.55. The first-order valence-corrected chi connectivity index (χ1v) is 6.96. The van der Waals surface area contributed by atoms with Crippen LogP contribution in [0.15, 0.2) is 22.6 Å². The van der Waals surface area contributed by atoms with Crippen molar-refractivity contribution >= 4 is 11.0 Å². The van der Waals surface area contributed by atoms with Crippen molar-refractivity contribution in [1.29, 1.82) is 0 Å². The minimum Gasteiger partial charge on any atom is -0.459 e. The van der Waals surface area contributed by atoms with Crippen LogP contribution in [0.5, 0.6) is 0 Å². The van der Waals surface area contributed by atoms with Crippen molar-refractivity contribution in [2.75, 3.05) is 0 Å². The van der Waals surface area contributed by atoms with E-state index in [9.17, 15) is 4.39 Å². The topological polar surface area (TPSA) is 51.2 Å². The maximum Gasteiger partial charge on any atom is 0.134 e. The Kier molecular flexibility index (Phi) is 4.16. The Bertz CT molecular complexity index is 598. The molecule has 0 aliphatic rings. The summed E-state index contributed by atoms with van der Waals surface area (Å²) in [5, 5.41) is 0.816. The zero-order valence-corrected chi connectivity index (χ0v) is 12.6. The second-order valence-corrected chi connectivity index (χ2v) is 6.55. The summed E-state index contributed by atoms with van der Waals surface area (Å²) >= 11 is 0. The summed E-state index contributed by atoms with van der Waals surface area (Å²) in [6.07, 6.45) is 1.90. The Morgan fingerprint density at radius 3 is 2.65 bits per heavy atom. The highest BCUT2D eigenvalue weighted by molar-refractivity contribution is 5.82. The predicted molar refractivity (Wildman–Crippen MR) is 79.7 cm³/mol. The van der Waals surface area contributed by atoms with Crippen LogP contribution in [0.2, 0.25) is 0 Å². The molecule has 3 nitrogen and oxygen atoms in total. The molecule has 20 heavy (non-hydrogen) atoms. The molecule has 1 unspecified atom stereocenters. The highest BCUT2D eigenvalue weighted by atomic mass is 19.1. The van der Waals surface area contributed by atoms with Crippen LogP contribution in [0.3, 0.4) is 0 Å². The van der Waals surface area contributed by atoms with Gasteiger partial charge in [0.25, 0.3) is 0 Å². The molecule has 1 heterocycles. The number of hydrazine groups is 1. The van der Waals surface area contributed by atoms with Crippen molar-refractivity contribution in [3.8, 4) is 0 Å². The molecule has 2 aromatic rings. The Balaban J connectivity index is 2.32. The lowest BCUT2D eigenvalue weighted by atomic mass is 9.88. The van der Waals surface area contributed by atoms with Crippen molar-refractivity contribution in [2.45, 2.75) is 46.6 Å². The van der Waals surface area contributed by atoms with E-state index in [2.05, 4.69) is 26.2 Å². The number of aryl methyl sites for hydroxylation is 1. The molecule has 3 N–H and O–H groups in total. The molecule has 1 aromatic heterocycles. The van der Waals surface area contributed by atoms with E-state index < -0.39 is 0 Å². The number of furan rings is 1. The van der Waals surface area contributed by atoms with Gasteiger partial charge in [0.2, 0.25) is 0 Å². The molecule has 1 atom stereocenters. The molecule has 0 fully saturated rings. The lowest BCUT2D eigenvalue weighted by molar-refractivity contribution is 0.315. The van der Waals surface area contributed by atoms with Crippen LogP contribution in [-0.2, 0) is 0 Å². The average molecular weight is 278 g/mol. The van der Waals surface area contributed by atoms with E-state index in [4.69, 9.17) is 10.3 Å². The standard InChI is InChI=1S/C16H23FN2O/c1-10-12-9-11(17)5-6-14(12)20-15(10)13(19-18)7-8-16(2,3)4/h5-6,9,13,19H,7-8,18H2,1-4H3. The molecular formula is C16H23FN2O. The molecule has 2 rings (SSSR count). The molecule has 0 saturated carbocycles. The van der Waals surface area contributed by atoms with Crippen molar-refractivity contribution in [3.05, 3.63) is 35.3 Å². The second kappa shape index (κ2) is 5.54. The summed E-state index contributed by atoms with van der Waals surface area (Å²) in [5.74, 6) is 6.22. The predicted octanol–water partition coefficient (Wildman–Crippen LogP) is 4.21. The van der Waals surface area contributed by atoms with Crippen LogP contribution in [0.25, 0.3) is 11.0 Å². The van der Waals surface area contributed by atoms with Crippen molar-refractivity contribution in [2.24, 2.45) is 11.3 Å². The molecule has 0 saturated heterocycles. The summed E-state index contributed by atoms with van der Waals surface area (Å²) < 4.78 is 19.2. The third kappa shape index (κ3) is 3.19. The summed E-state index contributed by atoms with van der Waals surface area (Å²) in [4.78, 5) is 0. The van der Waals surface area contributed by atoms with Gasteiger partial charge >= 0.3 is 0 Å². The fraction of sp³-hybridized carbons (Fsp3) is 0.500. The van der Waals surface area contributed by atoms with E-state index in [-0.39, 0.29) is 17.3 Å². The van der Waals surface area contributed by atoms with Crippen molar-refractivity contribution in [1.82, 2.24) is 5.43 Å². The highest BCUT2D eigenvalue weighted by Crippen LogP contribution is 2.33. The van der Waals surface area contributed by atoms with Gasteiger partial charge in [-0.15, -0.1) is 0 Å². The third-order valence-electron chi connectivity index (χ3n) is 3.64. The molecule has 1 aromatic carbocycles. The number of rotatable bonds is 4. The third-order valence-corrected chi connectivity index (χ3v) is 3.64. The Labute approximate surface area is 119 Å². The maximum absolute atomic E-state index is 13.3. The molecule has 0 aliphatic heterocycles. The van der Waals surface area contributed by atoms with E-state index in [1.54, 1.807) is 6.07 Å². The number of halogens is 1. The van der Waals surface area contributed by atoms with Gasteiger partial charge in [-0.05, 0) is 43.4 Å². The number of nitrogens with one attached hydrogen (secondary N) is 1. The molecule has 0 radical (unpaired) electrons. The number of benzene rings is 1. The number of hydrogen-bond acceptors (Lipinski definition) is 3. The van der Waals surface area contributed by atoms with Gasteiger partial charge in [0, 0.05) is 10.9 Å². The molecular weight excluding hydrogens is 255 g/mol. The van der Waals surface area contributed by atoms with Crippen LogP contribution in [0.4, 0.5) is 4.39 Å². The van der Waals surface area contributed by atoms with Crippen LogP contribution in [0.1, 0.15) is 51.0 Å². The first-order valence-electron chi connectivity index (χ1n) is 6.96. The van der Waals surface area contributed by atoms with Crippen LogP contribution in [0, 0.1) is 18.2 Å². The van der Waals surface area contributed by atoms with Gasteiger partial charge in [-0.25, -0.2) is 9.82 Å². The van der Waals surface area contributed by atoms with Gasteiger partial charge < -0.3 is 4.42 Å². The lowest BCUT2D eigenvalue weighted by Gasteiger charge is -2.22. The first kappa shape index (κ1) is 15.0. The van der Waals surface area contributed by atoms with Gasteiger partial charge in [0.1, 0.15) is 17.2 Å². The van der Waals surface area contributed by atoms with E-state index >= 15 is 0 Å². The zero-order chi connectivity index (χ0) is 14.9. The van der Waals surface area contributed by atoms with E-state index in [1.807, 2.05) is 6.92 Å². The number of nitrogens with two attached hydrogens (primary N) is 1. The Morgan fingerprint density at radius 2 is 2.05 bits per heavy atom. The van der Waals surface area contributed by atoms with Gasteiger partial charge in [-0.3, -0.25) is 5.84 Å². The SMILES string of the molecule is Cc1c(C(CCC(C)(C)C)NN)oc2ccc(F)cc12. The summed E-state index contributed by atoms with van der Waals surface area (Å²) in [5.41, 5.74) is 4.72. The molecule has 0 aliphatic carbocycles. The van der Waals surface area contributed by atoms with E-state index in [0.29, 0.717) is 5.58 Å². The largest absolute Gasteiger partial charge is 0.459 e. The van der Waals surface area contributed by atoms with Gasteiger partial charge in [0.05, 0.1) is 6.04 Å². The van der Waals surface area contributed by atoms with Gasteiger partial charge in [-0.2, -0.15) is 0 Å². The van der Waals surface area contributed by atoms with E-state index in [0.717, 1.165) is 29.6 Å². The zero-order valence-electron chi connectivity index (χ0n) is 12.6. The van der Waals surface area contributed by atoms with Crippen LogP contribution in [-0.4, -0.2) is 0 Å². The molecule has 0 amide bonds. The maximum atomic E-state index is 13.3. The monoisotopic (exact) mass is 278 g/mol. The smallest absolute Gasteiger partial charge is 0.134 e. The van der Waals surface area contributed by atoms with E-state index in [1.165, 1.54) is 12.1 Å². The van der Waals surface area contributed by atoms with Gasteiger partial charge in [0.15, 0.2) is 0 Å². The summed E-state index contributed by atoms with van der Waals surface area (Å²) in [6, 6.07) is 4.53. The molecule has 110 valence electrons. The van der Waals surface area contributed by atoms with Crippen LogP contribution >= 0.6 is 0 Å². The van der Waals surface area contributed by atoms with Crippen molar-refractivity contribution in [3.63, 3.8) is 0 Å². The molecule has 0 bridgehead atoms. The number of fused-ring (bicyclic) bond motifs is 1. The lowest BCUT2D eigenvalue weighted by Crippen LogP contribution is -2.29. The average Bonchev–Trinajstić information content (AvgIpc) is 2.67. The minimum absolute atomic E-state index is 0.0512.